The molecule has 20 heavy (non-hydrogen) atoms. The van der Waals surface area contributed by atoms with E-state index >= 15 is 0 Å². The third kappa shape index (κ3) is 3.64. The molecule has 1 aromatic carbocycles. The van der Waals surface area contributed by atoms with Gasteiger partial charge in [0.05, 0.1) is 5.69 Å². The van der Waals surface area contributed by atoms with Gasteiger partial charge in [-0.15, -0.1) is 0 Å². The Morgan fingerprint density at radius 2 is 1.95 bits per heavy atom. The summed E-state index contributed by atoms with van der Waals surface area (Å²) in [6.07, 6.45) is 0. The number of methoxy groups -OCH3 is 1. The summed E-state index contributed by atoms with van der Waals surface area (Å²) in [7, 11) is 1.58. The van der Waals surface area contributed by atoms with Crippen molar-refractivity contribution in [2.45, 2.75) is 13.5 Å². The van der Waals surface area contributed by atoms with E-state index in [2.05, 4.69) is 20.6 Å². The van der Waals surface area contributed by atoms with E-state index < -0.39 is 0 Å². The van der Waals surface area contributed by atoms with Crippen molar-refractivity contribution < 1.29 is 9.13 Å². The van der Waals surface area contributed by atoms with Crippen LogP contribution in [0.2, 0.25) is 0 Å². The van der Waals surface area contributed by atoms with Crippen molar-refractivity contribution in [3.8, 4) is 0 Å². The molecule has 1 heterocycles. The number of benzene rings is 1. The molecule has 0 aliphatic heterocycles. The standard InChI is InChI=1S/C14H17FN4O/c1-3-16-12-8-13(19-14(18-12)9-20-2)17-11-7-5-4-6-10(11)15/h4-8H,3,9H2,1-2H3,(H2,16,17,18,19). The Bertz CT molecular complexity index is 553. The zero-order valence-corrected chi connectivity index (χ0v) is 11.5. The first kappa shape index (κ1) is 14.2. The van der Waals surface area contributed by atoms with Crippen molar-refractivity contribution in [1.29, 1.82) is 0 Å². The first-order chi connectivity index (χ1) is 9.72. The van der Waals surface area contributed by atoms with Gasteiger partial charge in [0.1, 0.15) is 24.1 Å². The van der Waals surface area contributed by atoms with Gasteiger partial charge in [0.25, 0.3) is 0 Å². The quantitative estimate of drug-likeness (QED) is 0.849. The van der Waals surface area contributed by atoms with E-state index in [1.54, 1.807) is 31.4 Å². The lowest BCUT2D eigenvalue weighted by Crippen LogP contribution is -2.07. The summed E-state index contributed by atoms with van der Waals surface area (Å²) in [5.41, 5.74) is 0.372. The molecule has 0 bridgehead atoms. The second-order valence-corrected chi connectivity index (χ2v) is 4.12. The Kier molecular flexibility index (Phi) is 4.84. The van der Waals surface area contributed by atoms with Crippen LogP contribution in [-0.2, 0) is 11.3 Å². The van der Waals surface area contributed by atoms with Gasteiger partial charge in [-0.2, -0.15) is 0 Å². The fourth-order valence-corrected chi connectivity index (χ4v) is 1.73. The monoisotopic (exact) mass is 276 g/mol. The molecule has 0 aliphatic carbocycles. The highest BCUT2D eigenvalue weighted by atomic mass is 19.1. The van der Waals surface area contributed by atoms with Gasteiger partial charge < -0.3 is 15.4 Å². The molecule has 0 fully saturated rings. The van der Waals surface area contributed by atoms with Gasteiger partial charge in [0, 0.05) is 19.7 Å². The molecule has 5 nitrogen and oxygen atoms in total. The lowest BCUT2D eigenvalue weighted by Gasteiger charge is -2.10. The topological polar surface area (TPSA) is 59.1 Å². The van der Waals surface area contributed by atoms with Crippen LogP contribution in [0.5, 0.6) is 0 Å². The number of hydrogen-bond donors (Lipinski definition) is 2. The Morgan fingerprint density at radius 1 is 1.20 bits per heavy atom. The summed E-state index contributed by atoms with van der Waals surface area (Å²) in [5.74, 6) is 1.40. The number of halogens is 1. The third-order valence-corrected chi connectivity index (χ3v) is 2.54. The predicted octanol–water partition coefficient (Wildman–Crippen LogP) is 2.94. The SMILES string of the molecule is CCNc1cc(Nc2ccccc2F)nc(COC)n1. The first-order valence-electron chi connectivity index (χ1n) is 6.35. The van der Waals surface area contributed by atoms with Crippen molar-refractivity contribution in [2.24, 2.45) is 0 Å². The fourth-order valence-electron chi connectivity index (χ4n) is 1.73. The smallest absolute Gasteiger partial charge is 0.158 e. The van der Waals surface area contributed by atoms with E-state index in [1.165, 1.54) is 6.07 Å². The van der Waals surface area contributed by atoms with Crippen molar-refractivity contribution in [2.75, 3.05) is 24.3 Å². The molecule has 6 heteroatoms. The third-order valence-electron chi connectivity index (χ3n) is 2.54. The van der Waals surface area contributed by atoms with Crippen molar-refractivity contribution in [3.05, 3.63) is 42.0 Å². The van der Waals surface area contributed by atoms with Crippen molar-refractivity contribution >= 4 is 17.3 Å². The maximum atomic E-state index is 13.6. The van der Waals surface area contributed by atoms with Gasteiger partial charge in [-0.1, -0.05) is 12.1 Å². The van der Waals surface area contributed by atoms with E-state index in [4.69, 9.17) is 4.74 Å². The molecule has 0 aliphatic rings. The number of nitrogens with zero attached hydrogens (tertiary/aromatic N) is 2. The zero-order valence-electron chi connectivity index (χ0n) is 11.5. The lowest BCUT2D eigenvalue weighted by molar-refractivity contribution is 0.178. The number of nitrogens with one attached hydrogen (secondary N) is 2. The Morgan fingerprint density at radius 3 is 2.65 bits per heavy atom. The van der Waals surface area contributed by atoms with Crippen LogP contribution in [0.1, 0.15) is 12.7 Å². The molecule has 0 amide bonds. The highest BCUT2D eigenvalue weighted by Crippen LogP contribution is 2.20. The molecule has 0 saturated heterocycles. The van der Waals surface area contributed by atoms with Crippen LogP contribution in [0.4, 0.5) is 21.7 Å². The minimum Gasteiger partial charge on any atom is -0.377 e. The normalized spacial score (nSPS) is 10.3. The molecular weight excluding hydrogens is 259 g/mol. The second-order valence-electron chi connectivity index (χ2n) is 4.12. The van der Waals surface area contributed by atoms with Gasteiger partial charge in [0.15, 0.2) is 5.82 Å². The molecule has 0 radical (unpaired) electrons. The van der Waals surface area contributed by atoms with Gasteiger partial charge in [-0.05, 0) is 19.1 Å². The minimum atomic E-state index is -0.329. The highest BCUT2D eigenvalue weighted by molar-refractivity contribution is 5.59. The van der Waals surface area contributed by atoms with E-state index in [9.17, 15) is 4.39 Å². The summed E-state index contributed by atoms with van der Waals surface area (Å²) >= 11 is 0. The summed E-state index contributed by atoms with van der Waals surface area (Å²) in [4.78, 5) is 8.58. The van der Waals surface area contributed by atoms with E-state index in [1.807, 2.05) is 6.92 Å². The summed E-state index contributed by atoms with van der Waals surface area (Å²) in [6.45, 7) is 3.01. The number of aromatic nitrogens is 2. The lowest BCUT2D eigenvalue weighted by atomic mass is 10.3. The van der Waals surface area contributed by atoms with Gasteiger partial charge >= 0.3 is 0 Å². The van der Waals surface area contributed by atoms with Crippen molar-refractivity contribution in [3.63, 3.8) is 0 Å². The van der Waals surface area contributed by atoms with Crippen molar-refractivity contribution in [1.82, 2.24) is 9.97 Å². The van der Waals surface area contributed by atoms with Crippen LogP contribution in [0, 0.1) is 5.82 Å². The van der Waals surface area contributed by atoms with Gasteiger partial charge in [0.2, 0.25) is 0 Å². The maximum Gasteiger partial charge on any atom is 0.158 e. The first-order valence-corrected chi connectivity index (χ1v) is 6.35. The number of hydrogen-bond acceptors (Lipinski definition) is 5. The zero-order chi connectivity index (χ0) is 14.4. The number of rotatable bonds is 6. The fraction of sp³-hybridized carbons (Fsp3) is 0.286. The summed E-state index contributed by atoms with van der Waals surface area (Å²) in [6, 6.07) is 8.18. The largest absolute Gasteiger partial charge is 0.377 e. The Labute approximate surface area is 117 Å². The average Bonchev–Trinajstić information content (AvgIpc) is 2.42. The Balaban J connectivity index is 2.28. The number of anilines is 3. The van der Waals surface area contributed by atoms with Gasteiger partial charge in [-0.3, -0.25) is 0 Å². The average molecular weight is 276 g/mol. The number of ether oxygens (including phenoxy) is 1. The predicted molar refractivity (Wildman–Crippen MR) is 76.6 cm³/mol. The highest BCUT2D eigenvalue weighted by Gasteiger charge is 2.06. The molecule has 2 rings (SSSR count). The molecule has 1 aromatic heterocycles. The van der Waals surface area contributed by atoms with Gasteiger partial charge in [-0.25, -0.2) is 14.4 Å². The second kappa shape index (κ2) is 6.81. The maximum absolute atomic E-state index is 13.6. The molecule has 0 saturated carbocycles. The van der Waals surface area contributed by atoms with E-state index in [0.717, 1.165) is 6.54 Å². The number of para-hydroxylation sites is 1. The molecular formula is C14H17FN4O. The minimum absolute atomic E-state index is 0.297. The molecule has 0 unspecified atom stereocenters. The van der Waals surface area contributed by atoms with E-state index in [-0.39, 0.29) is 5.82 Å². The van der Waals surface area contributed by atoms with Crippen LogP contribution in [0.25, 0.3) is 0 Å². The molecule has 2 N–H and O–H groups in total. The van der Waals surface area contributed by atoms with Crippen LogP contribution in [0.15, 0.2) is 30.3 Å². The van der Waals surface area contributed by atoms with E-state index in [0.29, 0.717) is 29.8 Å². The molecule has 0 atom stereocenters. The summed E-state index contributed by atoms with van der Waals surface area (Å²) < 4.78 is 18.7. The van der Waals surface area contributed by atoms with Crippen LogP contribution >= 0.6 is 0 Å². The van der Waals surface area contributed by atoms with Crippen LogP contribution in [0.3, 0.4) is 0 Å². The molecule has 106 valence electrons. The molecule has 0 spiro atoms. The summed E-state index contributed by atoms with van der Waals surface area (Å²) in [5, 5.41) is 6.05. The Hall–Kier alpha value is -2.21. The van der Waals surface area contributed by atoms with Crippen LogP contribution in [-0.4, -0.2) is 23.6 Å². The van der Waals surface area contributed by atoms with Crippen LogP contribution < -0.4 is 10.6 Å². The molecule has 2 aromatic rings.